The Hall–Kier alpha value is -3.98. The Morgan fingerprint density at radius 3 is 2.35 bits per heavy atom. The predicted molar refractivity (Wildman–Crippen MR) is 125 cm³/mol. The van der Waals surface area contributed by atoms with Gasteiger partial charge in [-0.25, -0.2) is 4.98 Å². The van der Waals surface area contributed by atoms with Crippen molar-refractivity contribution >= 4 is 34.8 Å². The molecule has 5 N–H and O–H groups in total. The zero-order valence-electron chi connectivity index (χ0n) is 19.7. The van der Waals surface area contributed by atoms with Crippen LogP contribution in [-0.4, -0.2) is 88.4 Å². The minimum Gasteiger partial charge on any atom is -0.394 e. The average Bonchev–Trinajstić information content (AvgIpc) is 3.49. The number of hydrogen-bond donors (Lipinski definition) is 5. The van der Waals surface area contributed by atoms with E-state index in [4.69, 9.17) is 4.74 Å². The largest absolute Gasteiger partial charge is 0.394 e. The summed E-state index contributed by atoms with van der Waals surface area (Å²) in [5, 5.41) is 32.3. The number of nitrogens with one attached hydrogen (secondary N) is 2. The molecule has 194 valence electrons. The van der Waals surface area contributed by atoms with E-state index < -0.39 is 66.4 Å². The summed E-state index contributed by atoms with van der Waals surface area (Å²) >= 11 is 0. The van der Waals surface area contributed by atoms with Gasteiger partial charge in [-0.2, -0.15) is 4.98 Å². The maximum Gasteiger partial charge on any atom is 0.280 e. The number of rotatable bonds is 6. The number of aromatic amines is 1. The lowest BCUT2D eigenvalue weighted by molar-refractivity contribution is -0.121. The topological polar surface area (TPSA) is 200 Å². The number of benzene rings is 1. The first kappa shape index (κ1) is 24.7. The van der Waals surface area contributed by atoms with Crippen molar-refractivity contribution < 1.29 is 34.4 Å². The number of carbonyl (C=O) groups excluding carboxylic acids is 3. The van der Waals surface area contributed by atoms with E-state index in [-0.39, 0.29) is 28.2 Å². The van der Waals surface area contributed by atoms with E-state index in [1.807, 2.05) is 0 Å². The van der Waals surface area contributed by atoms with Gasteiger partial charge in [-0.1, -0.05) is 26.0 Å². The fourth-order valence-corrected chi connectivity index (χ4v) is 4.65. The van der Waals surface area contributed by atoms with Crippen LogP contribution in [0.1, 0.15) is 40.8 Å². The first-order chi connectivity index (χ1) is 17.6. The number of imide groups is 1. The summed E-state index contributed by atoms with van der Waals surface area (Å²) in [6.07, 6.45) is -3.94. The Bertz CT molecular complexity index is 1430. The molecule has 1 fully saturated rings. The van der Waals surface area contributed by atoms with Crippen LogP contribution < -0.4 is 10.9 Å². The van der Waals surface area contributed by atoms with Gasteiger partial charge >= 0.3 is 0 Å². The highest BCUT2D eigenvalue weighted by Gasteiger charge is 2.45. The summed E-state index contributed by atoms with van der Waals surface area (Å²) in [6.45, 7) is 2.79. The normalized spacial score (nSPS) is 24.2. The van der Waals surface area contributed by atoms with Gasteiger partial charge in [0.1, 0.15) is 24.4 Å². The van der Waals surface area contributed by atoms with E-state index in [2.05, 4.69) is 20.3 Å². The van der Waals surface area contributed by atoms with Gasteiger partial charge in [0.15, 0.2) is 17.4 Å². The number of ether oxygens (including phenoxy) is 1. The second kappa shape index (κ2) is 9.15. The molecule has 0 unspecified atom stereocenters. The lowest BCUT2D eigenvalue weighted by atomic mass is 10.0. The second-order valence-corrected chi connectivity index (χ2v) is 9.17. The highest BCUT2D eigenvalue weighted by atomic mass is 16.6. The van der Waals surface area contributed by atoms with E-state index in [0.717, 1.165) is 4.90 Å². The number of anilines is 1. The Labute approximate surface area is 208 Å². The van der Waals surface area contributed by atoms with Gasteiger partial charge in [-0.3, -0.25) is 38.9 Å². The van der Waals surface area contributed by atoms with Crippen LogP contribution in [-0.2, 0) is 9.53 Å². The molecule has 14 nitrogen and oxygen atoms in total. The molecular weight excluding hydrogens is 488 g/mol. The van der Waals surface area contributed by atoms with Crippen molar-refractivity contribution in [3.8, 4) is 0 Å². The zero-order chi connectivity index (χ0) is 26.6. The summed E-state index contributed by atoms with van der Waals surface area (Å²) in [5.74, 6) is -2.74. The van der Waals surface area contributed by atoms with Gasteiger partial charge in [0.25, 0.3) is 17.4 Å². The molecule has 1 saturated heterocycles. The molecule has 3 aromatic rings. The molecular formula is C23H24N6O8. The number of H-pyrrole nitrogens is 1. The number of imidazole rings is 1. The molecule has 5 atom stereocenters. The van der Waals surface area contributed by atoms with Crippen LogP contribution in [0.15, 0.2) is 35.4 Å². The van der Waals surface area contributed by atoms with Gasteiger partial charge in [0.05, 0.1) is 24.1 Å². The van der Waals surface area contributed by atoms with Crippen LogP contribution in [0.3, 0.4) is 0 Å². The number of fused-ring (bicyclic) bond motifs is 2. The number of amides is 3. The lowest BCUT2D eigenvalue weighted by Gasteiger charge is -2.28. The molecule has 37 heavy (non-hydrogen) atoms. The van der Waals surface area contributed by atoms with Gasteiger partial charge < -0.3 is 20.1 Å². The van der Waals surface area contributed by atoms with Crippen molar-refractivity contribution in [2.24, 2.45) is 5.92 Å². The Morgan fingerprint density at radius 2 is 1.78 bits per heavy atom. The first-order valence-corrected chi connectivity index (χ1v) is 11.5. The van der Waals surface area contributed by atoms with E-state index in [1.165, 1.54) is 23.0 Å². The van der Waals surface area contributed by atoms with Gasteiger partial charge in [-0.05, 0) is 18.1 Å². The van der Waals surface area contributed by atoms with Crippen LogP contribution in [0.5, 0.6) is 0 Å². The summed E-state index contributed by atoms with van der Waals surface area (Å²) in [4.78, 5) is 63.4. The van der Waals surface area contributed by atoms with E-state index >= 15 is 0 Å². The third-order valence-electron chi connectivity index (χ3n) is 6.47. The van der Waals surface area contributed by atoms with Crippen LogP contribution in [0.25, 0.3) is 11.2 Å². The maximum absolute atomic E-state index is 13.3. The molecule has 4 heterocycles. The van der Waals surface area contributed by atoms with Crippen molar-refractivity contribution in [1.29, 1.82) is 0 Å². The van der Waals surface area contributed by atoms with Crippen molar-refractivity contribution in [3.05, 3.63) is 52.1 Å². The molecule has 2 aliphatic heterocycles. The summed E-state index contributed by atoms with van der Waals surface area (Å²) in [5.41, 5.74) is -0.526. The molecule has 1 aromatic carbocycles. The molecule has 14 heteroatoms. The van der Waals surface area contributed by atoms with Crippen molar-refractivity contribution in [2.75, 3.05) is 11.9 Å². The number of aliphatic hydroxyl groups is 3. The SMILES string of the molecule is CC(C)[C@H](C(=O)Nc1nc2c(ncn2[C@H]2O[C@@H](CO)[C@@H](O)[C@@H]2O)c(=O)[nH]1)N1C(=O)c2ccccc2C1=O. The minimum atomic E-state index is -1.45. The molecule has 0 radical (unpaired) electrons. The molecule has 0 spiro atoms. The highest BCUT2D eigenvalue weighted by Crippen LogP contribution is 2.31. The Kier molecular flexibility index (Phi) is 6.11. The van der Waals surface area contributed by atoms with Crippen molar-refractivity contribution in [3.63, 3.8) is 0 Å². The van der Waals surface area contributed by atoms with Crippen LogP contribution in [0.2, 0.25) is 0 Å². The lowest BCUT2D eigenvalue weighted by Crippen LogP contribution is -2.50. The third-order valence-corrected chi connectivity index (χ3v) is 6.47. The molecule has 0 saturated carbocycles. The van der Waals surface area contributed by atoms with Crippen LogP contribution in [0.4, 0.5) is 5.95 Å². The van der Waals surface area contributed by atoms with Crippen molar-refractivity contribution in [1.82, 2.24) is 24.4 Å². The summed E-state index contributed by atoms with van der Waals surface area (Å²) < 4.78 is 6.69. The predicted octanol–water partition coefficient (Wildman–Crippen LogP) is -1.01. The fourth-order valence-electron chi connectivity index (χ4n) is 4.65. The number of aromatic nitrogens is 4. The Balaban J connectivity index is 1.46. The van der Waals surface area contributed by atoms with Crippen molar-refractivity contribution in [2.45, 2.75) is 44.4 Å². The highest BCUT2D eigenvalue weighted by molar-refractivity contribution is 6.23. The zero-order valence-corrected chi connectivity index (χ0v) is 19.7. The molecule has 5 rings (SSSR count). The van der Waals surface area contributed by atoms with E-state index in [0.29, 0.717) is 0 Å². The fraction of sp³-hybridized carbons (Fsp3) is 0.391. The minimum absolute atomic E-state index is 0.0734. The van der Waals surface area contributed by atoms with Gasteiger partial charge in [0, 0.05) is 0 Å². The monoisotopic (exact) mass is 512 g/mol. The second-order valence-electron chi connectivity index (χ2n) is 9.17. The van der Waals surface area contributed by atoms with Gasteiger partial charge in [0.2, 0.25) is 11.9 Å². The third kappa shape index (κ3) is 3.90. The number of hydrogen-bond acceptors (Lipinski definition) is 10. The summed E-state index contributed by atoms with van der Waals surface area (Å²) in [7, 11) is 0. The standard InChI is InChI=1S/C23H24N6O8/c1-9(2)14(29-20(35)10-5-3-4-6-11(10)21(29)36)19(34)27-23-25-17-13(18(33)26-23)24-8-28(17)22-16(32)15(31)12(7-30)37-22/h3-6,8-9,12,14-16,22,30-32H,7H2,1-2H3,(H2,25,26,27,33,34)/t12-,14+,15+,16-,22-/m0/s1. The van der Waals surface area contributed by atoms with Crippen LogP contribution >= 0.6 is 0 Å². The molecule has 2 aliphatic rings. The Morgan fingerprint density at radius 1 is 1.14 bits per heavy atom. The maximum atomic E-state index is 13.3. The van der Waals surface area contributed by atoms with Crippen LogP contribution in [0, 0.1) is 5.92 Å². The smallest absolute Gasteiger partial charge is 0.280 e. The molecule has 0 aliphatic carbocycles. The first-order valence-electron chi connectivity index (χ1n) is 11.5. The molecule has 0 bridgehead atoms. The number of nitrogens with zero attached hydrogens (tertiary/aromatic N) is 4. The quantitative estimate of drug-likeness (QED) is 0.255. The number of aliphatic hydroxyl groups excluding tert-OH is 3. The van der Waals surface area contributed by atoms with Gasteiger partial charge in [-0.15, -0.1) is 0 Å². The van der Waals surface area contributed by atoms with E-state index in [1.54, 1.807) is 26.0 Å². The van der Waals surface area contributed by atoms with E-state index in [9.17, 15) is 34.5 Å². The average molecular weight is 512 g/mol. The summed E-state index contributed by atoms with van der Waals surface area (Å²) in [6, 6.07) is 5.06. The molecule has 3 amide bonds. The molecule has 2 aromatic heterocycles. The number of carbonyl (C=O) groups is 3.